The maximum Gasteiger partial charge on any atom is 0.329 e. The van der Waals surface area contributed by atoms with Gasteiger partial charge in [-0.15, -0.1) is 6.58 Å². The van der Waals surface area contributed by atoms with Gasteiger partial charge < -0.3 is 10.0 Å². The first-order valence-electron chi connectivity index (χ1n) is 6.74. The van der Waals surface area contributed by atoms with Crippen LogP contribution >= 0.6 is 0 Å². The van der Waals surface area contributed by atoms with Gasteiger partial charge in [-0.1, -0.05) is 18.2 Å². The van der Waals surface area contributed by atoms with Crippen molar-refractivity contribution in [3.8, 4) is 0 Å². The molecule has 1 aromatic heterocycles. The average molecular weight is 289 g/mol. The van der Waals surface area contributed by atoms with Crippen molar-refractivity contribution in [3.63, 3.8) is 0 Å². The van der Waals surface area contributed by atoms with Crippen molar-refractivity contribution in [1.82, 2.24) is 14.0 Å². The fourth-order valence-corrected chi connectivity index (χ4v) is 2.35. The topological polar surface area (TPSA) is 67.5 Å². The lowest BCUT2D eigenvalue weighted by Crippen LogP contribution is -2.38. The van der Waals surface area contributed by atoms with Gasteiger partial charge in [0.1, 0.15) is 6.54 Å². The Balaban J connectivity index is 2.35. The monoisotopic (exact) mass is 289 g/mol. The number of rotatable bonds is 6. The summed E-state index contributed by atoms with van der Waals surface area (Å²) in [7, 11) is 1.68. The molecule has 0 saturated carbocycles. The molecule has 0 aliphatic heterocycles. The Morgan fingerprint density at radius 1 is 1.38 bits per heavy atom. The van der Waals surface area contributed by atoms with Crippen molar-refractivity contribution in [1.29, 1.82) is 0 Å². The van der Waals surface area contributed by atoms with E-state index in [1.807, 2.05) is 24.3 Å². The highest BCUT2D eigenvalue weighted by molar-refractivity contribution is 5.81. The van der Waals surface area contributed by atoms with Crippen LogP contribution in [0.4, 0.5) is 0 Å². The molecule has 0 atom stereocenters. The van der Waals surface area contributed by atoms with Gasteiger partial charge in [0.25, 0.3) is 0 Å². The summed E-state index contributed by atoms with van der Waals surface area (Å²) in [5.41, 5.74) is 1.28. The van der Waals surface area contributed by atoms with Gasteiger partial charge in [-0.05, 0) is 12.1 Å². The van der Waals surface area contributed by atoms with Gasteiger partial charge in [-0.3, -0.25) is 13.9 Å². The van der Waals surface area contributed by atoms with Crippen LogP contribution in [-0.2, 0) is 18.4 Å². The summed E-state index contributed by atoms with van der Waals surface area (Å²) in [5, 5.41) is 9.01. The lowest BCUT2D eigenvalue weighted by molar-refractivity contribution is -0.131. The summed E-state index contributed by atoms with van der Waals surface area (Å²) in [6, 6.07) is 7.34. The molecule has 0 aliphatic carbocycles. The van der Waals surface area contributed by atoms with E-state index in [0.717, 1.165) is 11.0 Å². The normalized spacial score (nSPS) is 10.8. The van der Waals surface area contributed by atoms with E-state index in [4.69, 9.17) is 5.11 Å². The van der Waals surface area contributed by atoms with Crippen LogP contribution in [-0.4, -0.2) is 44.7 Å². The first kappa shape index (κ1) is 15.1. The molecule has 0 fully saturated rings. The fourth-order valence-electron chi connectivity index (χ4n) is 2.35. The molecule has 1 heterocycles. The van der Waals surface area contributed by atoms with Crippen LogP contribution in [0.1, 0.15) is 0 Å². The summed E-state index contributed by atoms with van der Waals surface area (Å²) < 4.78 is 2.97. The predicted molar refractivity (Wildman–Crippen MR) is 81.0 cm³/mol. The first-order chi connectivity index (χ1) is 10.1. The zero-order valence-corrected chi connectivity index (χ0v) is 12.0. The van der Waals surface area contributed by atoms with Crippen molar-refractivity contribution < 1.29 is 9.90 Å². The highest BCUT2D eigenvalue weighted by Gasteiger charge is 2.17. The fraction of sp³-hybridized carbons (Fsp3) is 0.333. The Hall–Kier alpha value is -2.34. The van der Waals surface area contributed by atoms with Crippen molar-refractivity contribution in [2.45, 2.75) is 6.54 Å². The van der Waals surface area contributed by atoms with Crippen molar-refractivity contribution in [2.75, 3.05) is 19.7 Å². The van der Waals surface area contributed by atoms with Crippen LogP contribution in [0.25, 0.3) is 11.0 Å². The quantitative estimate of drug-likeness (QED) is 0.780. The molecular formula is C15H19N3O3. The molecule has 0 saturated heterocycles. The minimum absolute atomic E-state index is 0.0476. The van der Waals surface area contributed by atoms with Gasteiger partial charge in [-0.2, -0.15) is 0 Å². The molecule has 0 aliphatic rings. The number of imidazole rings is 1. The Morgan fingerprint density at radius 3 is 2.67 bits per heavy atom. The smallest absolute Gasteiger partial charge is 0.329 e. The zero-order chi connectivity index (χ0) is 15.4. The molecule has 0 radical (unpaired) electrons. The minimum atomic E-state index is -0.230. The number of aryl methyl sites for hydroxylation is 1. The summed E-state index contributed by atoms with van der Waals surface area (Å²) >= 11 is 0. The molecule has 0 spiro atoms. The lowest BCUT2D eigenvalue weighted by Gasteiger charge is -2.20. The van der Waals surface area contributed by atoms with E-state index in [1.54, 1.807) is 13.1 Å². The summed E-state index contributed by atoms with van der Waals surface area (Å²) in [6.45, 7) is 4.00. The van der Waals surface area contributed by atoms with Gasteiger partial charge in [0.05, 0.1) is 17.6 Å². The standard InChI is InChI=1S/C15H19N3O3/c1-3-8-17(9-10-19)14(20)11-18-13-7-5-4-6-12(13)16(2)15(18)21/h3-7,19H,1,8-11H2,2H3. The van der Waals surface area contributed by atoms with Crippen LogP contribution in [0.3, 0.4) is 0 Å². The van der Waals surface area contributed by atoms with Gasteiger partial charge in [0.2, 0.25) is 5.91 Å². The summed E-state index contributed by atoms with van der Waals surface area (Å²) in [5.74, 6) is -0.220. The number of carbonyl (C=O) groups excluding carboxylic acids is 1. The second-order valence-corrected chi connectivity index (χ2v) is 4.77. The molecule has 2 aromatic rings. The van der Waals surface area contributed by atoms with Crippen LogP contribution in [0.15, 0.2) is 41.7 Å². The SMILES string of the molecule is C=CCN(CCO)C(=O)Cn1c(=O)n(C)c2ccccc21. The lowest BCUT2D eigenvalue weighted by atomic mass is 10.3. The summed E-state index contributed by atoms with van der Waals surface area (Å²) in [4.78, 5) is 26.0. The third-order valence-corrected chi connectivity index (χ3v) is 3.42. The molecule has 0 unspecified atom stereocenters. The second kappa shape index (κ2) is 6.41. The zero-order valence-electron chi connectivity index (χ0n) is 12.0. The van der Waals surface area contributed by atoms with Crippen molar-refractivity contribution in [3.05, 3.63) is 47.4 Å². The number of aliphatic hydroxyl groups is 1. The number of para-hydroxylation sites is 2. The molecule has 2 rings (SSSR count). The van der Waals surface area contributed by atoms with Crippen LogP contribution in [0.2, 0.25) is 0 Å². The Labute approximate surface area is 122 Å². The van der Waals surface area contributed by atoms with E-state index in [1.165, 1.54) is 14.0 Å². The highest BCUT2D eigenvalue weighted by Crippen LogP contribution is 2.11. The number of nitrogens with zero attached hydrogens (tertiary/aromatic N) is 3. The molecule has 1 N–H and O–H groups in total. The van der Waals surface area contributed by atoms with Crippen LogP contribution in [0.5, 0.6) is 0 Å². The number of aromatic nitrogens is 2. The Bertz CT molecular complexity index is 715. The first-order valence-corrected chi connectivity index (χ1v) is 6.74. The highest BCUT2D eigenvalue weighted by atomic mass is 16.3. The van der Waals surface area contributed by atoms with Crippen molar-refractivity contribution >= 4 is 16.9 Å². The summed E-state index contributed by atoms with van der Waals surface area (Å²) in [6.07, 6.45) is 1.60. The maximum absolute atomic E-state index is 12.3. The van der Waals surface area contributed by atoms with E-state index in [0.29, 0.717) is 6.54 Å². The largest absolute Gasteiger partial charge is 0.395 e. The molecule has 1 amide bonds. The average Bonchev–Trinajstić information content (AvgIpc) is 2.72. The van der Waals surface area contributed by atoms with E-state index >= 15 is 0 Å². The molecule has 6 heteroatoms. The maximum atomic E-state index is 12.3. The predicted octanol–water partition coefficient (Wildman–Crippen LogP) is 0.347. The number of carbonyl (C=O) groups is 1. The van der Waals surface area contributed by atoms with E-state index in [9.17, 15) is 9.59 Å². The minimum Gasteiger partial charge on any atom is -0.395 e. The van der Waals surface area contributed by atoms with E-state index in [2.05, 4.69) is 6.58 Å². The van der Waals surface area contributed by atoms with Crippen LogP contribution in [0, 0.1) is 0 Å². The van der Waals surface area contributed by atoms with Crippen LogP contribution < -0.4 is 5.69 Å². The molecule has 1 aromatic carbocycles. The number of fused-ring (bicyclic) bond motifs is 1. The van der Waals surface area contributed by atoms with Gasteiger partial charge in [-0.25, -0.2) is 4.79 Å². The number of benzene rings is 1. The van der Waals surface area contributed by atoms with Gasteiger partial charge >= 0.3 is 5.69 Å². The third-order valence-electron chi connectivity index (χ3n) is 3.42. The molecule has 0 bridgehead atoms. The molecular weight excluding hydrogens is 270 g/mol. The third kappa shape index (κ3) is 2.90. The number of amides is 1. The molecule has 21 heavy (non-hydrogen) atoms. The number of hydrogen-bond donors (Lipinski definition) is 1. The van der Waals surface area contributed by atoms with Gasteiger partial charge in [0.15, 0.2) is 0 Å². The molecule has 112 valence electrons. The van der Waals surface area contributed by atoms with Gasteiger partial charge in [0, 0.05) is 20.1 Å². The second-order valence-electron chi connectivity index (χ2n) is 4.77. The van der Waals surface area contributed by atoms with Crippen molar-refractivity contribution in [2.24, 2.45) is 7.05 Å². The Morgan fingerprint density at radius 2 is 2.05 bits per heavy atom. The van der Waals surface area contributed by atoms with E-state index in [-0.39, 0.29) is 31.3 Å². The molecule has 6 nitrogen and oxygen atoms in total. The number of aliphatic hydroxyl groups excluding tert-OH is 1. The Kier molecular flexibility index (Phi) is 4.59. The number of hydrogen-bond acceptors (Lipinski definition) is 3. The van der Waals surface area contributed by atoms with E-state index < -0.39 is 0 Å².